The number of nitrogens with one attached hydrogen (secondary N) is 1. The van der Waals surface area contributed by atoms with Crippen molar-refractivity contribution in [1.82, 2.24) is 10.2 Å². The number of carbonyl (C=O) groups excluding carboxylic acids is 2. The lowest BCUT2D eigenvalue weighted by Crippen LogP contribution is -2.54. The summed E-state index contributed by atoms with van der Waals surface area (Å²) in [7, 11) is -4.22. The Morgan fingerprint density at radius 3 is 2.17 bits per heavy atom. The highest BCUT2D eigenvalue weighted by Crippen LogP contribution is 2.26. The van der Waals surface area contributed by atoms with Crippen LogP contribution in [-0.2, 0) is 26.2 Å². The molecule has 1 aliphatic rings. The molecule has 3 aromatic carbocycles. The van der Waals surface area contributed by atoms with Crippen LogP contribution in [0.3, 0.4) is 0 Å². The van der Waals surface area contributed by atoms with Crippen molar-refractivity contribution in [1.29, 1.82) is 0 Å². The van der Waals surface area contributed by atoms with Crippen LogP contribution >= 0.6 is 11.6 Å². The number of benzene rings is 3. The molecule has 3 aromatic rings. The maximum Gasteiger partial charge on any atom is 0.264 e. The molecule has 0 radical (unpaired) electrons. The third kappa shape index (κ3) is 7.89. The van der Waals surface area contributed by atoms with Gasteiger partial charge in [-0.25, -0.2) is 12.8 Å². The van der Waals surface area contributed by atoms with Gasteiger partial charge in [0.15, 0.2) is 0 Å². The van der Waals surface area contributed by atoms with Gasteiger partial charge in [0, 0.05) is 17.6 Å². The zero-order valence-electron chi connectivity index (χ0n) is 23.9. The lowest BCUT2D eigenvalue weighted by atomic mass is 9.95. The highest BCUT2D eigenvalue weighted by molar-refractivity contribution is 7.92. The van der Waals surface area contributed by atoms with Crippen LogP contribution in [0.4, 0.5) is 10.1 Å². The number of anilines is 1. The van der Waals surface area contributed by atoms with Crippen LogP contribution in [0.2, 0.25) is 5.02 Å². The summed E-state index contributed by atoms with van der Waals surface area (Å²) in [6.45, 7) is 3.17. The number of aryl methyl sites for hydroxylation is 1. The number of hydrogen-bond donors (Lipinski definition) is 1. The first-order chi connectivity index (χ1) is 20.1. The molecule has 1 N–H and O–H groups in total. The smallest absolute Gasteiger partial charge is 0.264 e. The van der Waals surface area contributed by atoms with Gasteiger partial charge >= 0.3 is 0 Å². The van der Waals surface area contributed by atoms with Gasteiger partial charge in [0.2, 0.25) is 11.8 Å². The number of rotatable bonds is 11. The first kappa shape index (κ1) is 31.5. The summed E-state index contributed by atoms with van der Waals surface area (Å²) in [6, 6.07) is 17.4. The molecule has 0 bridgehead atoms. The summed E-state index contributed by atoms with van der Waals surface area (Å²) in [4.78, 5) is 29.1. The third-order valence-corrected chi connectivity index (χ3v) is 9.65. The number of halogens is 2. The van der Waals surface area contributed by atoms with Crippen LogP contribution in [0.25, 0.3) is 0 Å². The number of carbonyl (C=O) groups is 2. The fourth-order valence-electron chi connectivity index (χ4n) is 5.22. The van der Waals surface area contributed by atoms with E-state index in [4.69, 9.17) is 11.6 Å². The number of hydrogen-bond acceptors (Lipinski definition) is 4. The van der Waals surface area contributed by atoms with Crippen LogP contribution in [-0.4, -0.2) is 43.8 Å². The highest BCUT2D eigenvalue weighted by Gasteiger charge is 2.34. The van der Waals surface area contributed by atoms with E-state index in [9.17, 15) is 22.4 Å². The molecule has 0 aromatic heterocycles. The second-order valence-corrected chi connectivity index (χ2v) is 13.0. The van der Waals surface area contributed by atoms with E-state index >= 15 is 0 Å². The summed E-state index contributed by atoms with van der Waals surface area (Å²) in [5, 5.41) is 3.66. The molecule has 10 heteroatoms. The molecule has 224 valence electrons. The molecular formula is C32H37ClFN3O4S. The fraction of sp³-hybridized carbons (Fsp3) is 0.375. The van der Waals surface area contributed by atoms with Crippen molar-refractivity contribution < 1.29 is 22.4 Å². The molecule has 1 unspecified atom stereocenters. The van der Waals surface area contributed by atoms with Crippen molar-refractivity contribution in [2.75, 3.05) is 10.8 Å². The van der Waals surface area contributed by atoms with E-state index < -0.39 is 34.3 Å². The van der Waals surface area contributed by atoms with E-state index in [1.54, 1.807) is 36.4 Å². The van der Waals surface area contributed by atoms with Gasteiger partial charge < -0.3 is 10.2 Å². The van der Waals surface area contributed by atoms with Crippen LogP contribution in [0.5, 0.6) is 0 Å². The zero-order valence-corrected chi connectivity index (χ0v) is 25.5. The van der Waals surface area contributed by atoms with E-state index in [1.807, 2.05) is 13.8 Å². The largest absolute Gasteiger partial charge is 0.352 e. The first-order valence-corrected chi connectivity index (χ1v) is 16.1. The third-order valence-electron chi connectivity index (χ3n) is 7.61. The van der Waals surface area contributed by atoms with Crippen molar-refractivity contribution in [3.8, 4) is 0 Å². The summed E-state index contributed by atoms with van der Waals surface area (Å²) < 4.78 is 42.6. The maximum atomic E-state index is 14.1. The second kappa shape index (κ2) is 14.2. The molecule has 0 heterocycles. The fourth-order valence-corrected chi connectivity index (χ4v) is 6.76. The lowest BCUT2D eigenvalue weighted by Gasteiger charge is -2.34. The summed E-state index contributed by atoms with van der Waals surface area (Å²) in [5.41, 5.74) is 1.75. The van der Waals surface area contributed by atoms with Gasteiger partial charge in [-0.15, -0.1) is 0 Å². The molecule has 1 saturated carbocycles. The molecule has 7 nitrogen and oxygen atoms in total. The average Bonchev–Trinajstić information content (AvgIpc) is 2.98. The van der Waals surface area contributed by atoms with E-state index in [2.05, 4.69) is 5.32 Å². The molecule has 4 rings (SSSR count). The minimum absolute atomic E-state index is 0.00319. The van der Waals surface area contributed by atoms with Gasteiger partial charge in [-0.2, -0.15) is 0 Å². The van der Waals surface area contributed by atoms with Crippen molar-refractivity contribution in [3.63, 3.8) is 0 Å². The lowest BCUT2D eigenvalue weighted by molar-refractivity contribution is -0.140. The van der Waals surface area contributed by atoms with Crippen LogP contribution in [0, 0.1) is 12.7 Å². The standard InChI is InChI=1S/C32H37ClFN3O4S/c1-3-30(32(39)35-27-7-5-4-6-8-27)36(21-24-11-13-25(33)14-12-24)31(38)22-37(28-17-15-26(34)16-18-28)42(40,41)29-19-9-23(2)10-20-29/h9-20,27,30H,3-8,21-22H2,1-2H3,(H,35,39). The Bertz CT molecular complexity index is 1460. The predicted octanol–water partition coefficient (Wildman–Crippen LogP) is 6.24. The predicted molar refractivity (Wildman–Crippen MR) is 163 cm³/mol. The maximum absolute atomic E-state index is 14.1. The van der Waals surface area contributed by atoms with Crippen molar-refractivity contribution >= 4 is 39.1 Å². The van der Waals surface area contributed by atoms with Crippen LogP contribution < -0.4 is 9.62 Å². The second-order valence-electron chi connectivity index (χ2n) is 10.7. The molecule has 1 aliphatic carbocycles. The molecule has 0 aliphatic heterocycles. The number of sulfonamides is 1. The summed E-state index contributed by atoms with van der Waals surface area (Å²) in [6.07, 6.45) is 5.33. The minimum atomic E-state index is -4.22. The summed E-state index contributed by atoms with van der Waals surface area (Å²) in [5.74, 6) is -1.36. The van der Waals surface area contributed by atoms with Gasteiger partial charge in [0.25, 0.3) is 10.0 Å². The van der Waals surface area contributed by atoms with E-state index in [-0.39, 0.29) is 29.1 Å². The van der Waals surface area contributed by atoms with Gasteiger partial charge in [0.05, 0.1) is 10.6 Å². The van der Waals surface area contributed by atoms with Crippen LogP contribution in [0.1, 0.15) is 56.6 Å². The number of nitrogens with zero attached hydrogens (tertiary/aromatic N) is 2. The topological polar surface area (TPSA) is 86.8 Å². The van der Waals surface area contributed by atoms with Gasteiger partial charge in [-0.3, -0.25) is 13.9 Å². The molecule has 1 fully saturated rings. The van der Waals surface area contributed by atoms with Gasteiger partial charge in [0.1, 0.15) is 18.4 Å². The minimum Gasteiger partial charge on any atom is -0.352 e. The quantitative estimate of drug-likeness (QED) is 0.277. The average molecular weight is 614 g/mol. The van der Waals surface area contributed by atoms with Gasteiger partial charge in [-0.1, -0.05) is 67.6 Å². The zero-order chi connectivity index (χ0) is 30.3. The summed E-state index contributed by atoms with van der Waals surface area (Å²) >= 11 is 6.08. The van der Waals surface area contributed by atoms with Crippen LogP contribution in [0.15, 0.2) is 77.7 Å². The van der Waals surface area contributed by atoms with E-state index in [0.29, 0.717) is 11.4 Å². The number of amides is 2. The van der Waals surface area contributed by atoms with Gasteiger partial charge in [-0.05, 0) is 80.3 Å². The molecule has 42 heavy (non-hydrogen) atoms. The normalized spacial score (nSPS) is 14.7. The Morgan fingerprint density at radius 1 is 0.952 bits per heavy atom. The first-order valence-electron chi connectivity index (χ1n) is 14.3. The molecule has 2 amide bonds. The molecule has 0 saturated heterocycles. The van der Waals surface area contributed by atoms with E-state index in [0.717, 1.165) is 59.7 Å². The molecular weight excluding hydrogens is 577 g/mol. The Labute approximate surface area is 252 Å². The molecule has 1 atom stereocenters. The monoisotopic (exact) mass is 613 g/mol. The Balaban J connectivity index is 1.69. The Kier molecular flexibility index (Phi) is 10.6. The highest BCUT2D eigenvalue weighted by atomic mass is 35.5. The van der Waals surface area contributed by atoms with Crippen molar-refractivity contribution in [3.05, 3.63) is 94.8 Å². The van der Waals surface area contributed by atoms with E-state index in [1.165, 1.54) is 29.2 Å². The SMILES string of the molecule is CCC(C(=O)NC1CCCCC1)N(Cc1ccc(Cl)cc1)C(=O)CN(c1ccc(F)cc1)S(=O)(=O)c1ccc(C)cc1. The van der Waals surface area contributed by atoms with Crippen molar-refractivity contribution in [2.45, 2.75) is 75.9 Å². The van der Waals surface area contributed by atoms with Crippen molar-refractivity contribution in [2.24, 2.45) is 0 Å². The molecule has 0 spiro atoms. The Morgan fingerprint density at radius 2 is 1.57 bits per heavy atom. The Hall–Kier alpha value is -3.43.